The van der Waals surface area contributed by atoms with Crippen molar-refractivity contribution < 1.29 is 5.11 Å². The van der Waals surface area contributed by atoms with Gasteiger partial charge in [0.05, 0.1) is 5.60 Å². The molecule has 1 aromatic heterocycles. The molecule has 0 spiro atoms. The van der Waals surface area contributed by atoms with Crippen molar-refractivity contribution >= 4 is 5.82 Å². The Bertz CT molecular complexity index is 394. The summed E-state index contributed by atoms with van der Waals surface area (Å²) < 4.78 is 0. The molecule has 1 heterocycles. The minimum absolute atomic E-state index is 0.538. The second kappa shape index (κ2) is 5.70. The highest BCUT2D eigenvalue weighted by Crippen LogP contribution is 2.34. The zero-order valence-electron chi connectivity index (χ0n) is 11.2. The molecule has 3 heteroatoms. The Kier molecular flexibility index (Phi) is 4.23. The molecule has 1 fully saturated rings. The Balaban J connectivity index is 2.02. The Labute approximate surface area is 109 Å². The maximum Gasteiger partial charge on any atom is 0.123 e. The maximum absolute atomic E-state index is 10.7. The SMILES string of the molecule is CCC1CCCC(O)(Cc2ccnc(N)c2)CC1. The van der Waals surface area contributed by atoms with Crippen LogP contribution in [0.2, 0.25) is 0 Å². The highest BCUT2D eigenvalue weighted by atomic mass is 16.3. The van der Waals surface area contributed by atoms with Crippen LogP contribution in [-0.2, 0) is 6.42 Å². The van der Waals surface area contributed by atoms with E-state index in [-0.39, 0.29) is 0 Å². The van der Waals surface area contributed by atoms with Gasteiger partial charge >= 0.3 is 0 Å². The third kappa shape index (κ3) is 3.45. The van der Waals surface area contributed by atoms with Crippen molar-refractivity contribution in [3.05, 3.63) is 23.9 Å². The number of aliphatic hydroxyl groups is 1. The quantitative estimate of drug-likeness (QED) is 0.809. The van der Waals surface area contributed by atoms with Crippen molar-refractivity contribution in [1.29, 1.82) is 0 Å². The van der Waals surface area contributed by atoms with Crippen LogP contribution in [0.3, 0.4) is 0 Å². The van der Waals surface area contributed by atoms with Gasteiger partial charge in [-0.3, -0.25) is 0 Å². The van der Waals surface area contributed by atoms with E-state index < -0.39 is 5.60 Å². The lowest BCUT2D eigenvalue weighted by molar-refractivity contribution is 0.0242. The lowest BCUT2D eigenvalue weighted by Gasteiger charge is -2.27. The van der Waals surface area contributed by atoms with Gasteiger partial charge in [-0.1, -0.05) is 26.2 Å². The molecule has 100 valence electrons. The number of rotatable bonds is 3. The Hall–Kier alpha value is -1.09. The molecule has 1 aliphatic rings. The smallest absolute Gasteiger partial charge is 0.123 e. The van der Waals surface area contributed by atoms with Crippen LogP contribution < -0.4 is 5.73 Å². The van der Waals surface area contributed by atoms with Crippen molar-refractivity contribution in [2.45, 2.75) is 57.5 Å². The number of pyridine rings is 1. The van der Waals surface area contributed by atoms with E-state index in [9.17, 15) is 5.11 Å². The first kappa shape index (κ1) is 13.3. The van der Waals surface area contributed by atoms with Crippen molar-refractivity contribution in [2.24, 2.45) is 5.92 Å². The normalized spacial score (nSPS) is 28.9. The van der Waals surface area contributed by atoms with E-state index in [1.54, 1.807) is 6.20 Å². The third-order valence-electron chi connectivity index (χ3n) is 4.23. The first-order valence-corrected chi connectivity index (χ1v) is 7.04. The van der Waals surface area contributed by atoms with Crippen LogP contribution in [0.4, 0.5) is 5.82 Å². The average molecular weight is 248 g/mol. The monoisotopic (exact) mass is 248 g/mol. The van der Waals surface area contributed by atoms with Gasteiger partial charge in [-0.05, 0) is 42.9 Å². The number of anilines is 1. The molecule has 2 atom stereocenters. The van der Waals surface area contributed by atoms with Crippen molar-refractivity contribution in [3.8, 4) is 0 Å². The van der Waals surface area contributed by atoms with E-state index in [4.69, 9.17) is 5.73 Å². The van der Waals surface area contributed by atoms with E-state index in [1.165, 1.54) is 12.8 Å². The van der Waals surface area contributed by atoms with Gasteiger partial charge in [0.25, 0.3) is 0 Å². The summed E-state index contributed by atoms with van der Waals surface area (Å²) in [5.41, 5.74) is 6.24. The van der Waals surface area contributed by atoms with E-state index in [1.807, 2.05) is 12.1 Å². The molecule has 0 amide bonds. The largest absolute Gasteiger partial charge is 0.390 e. The molecular weight excluding hydrogens is 224 g/mol. The highest BCUT2D eigenvalue weighted by molar-refractivity contribution is 5.32. The first-order valence-electron chi connectivity index (χ1n) is 7.04. The van der Waals surface area contributed by atoms with Crippen LogP contribution in [0, 0.1) is 5.92 Å². The minimum atomic E-state index is -0.544. The number of nitrogen functional groups attached to an aromatic ring is 1. The molecular formula is C15H24N2O. The Morgan fingerprint density at radius 1 is 1.44 bits per heavy atom. The summed E-state index contributed by atoms with van der Waals surface area (Å²) in [5.74, 6) is 1.33. The molecule has 1 aromatic rings. The zero-order chi connectivity index (χ0) is 13.0. The van der Waals surface area contributed by atoms with Gasteiger partial charge in [-0.15, -0.1) is 0 Å². The molecule has 0 radical (unpaired) electrons. The van der Waals surface area contributed by atoms with Crippen molar-refractivity contribution in [2.75, 3.05) is 5.73 Å². The highest BCUT2D eigenvalue weighted by Gasteiger charge is 2.30. The summed E-state index contributed by atoms with van der Waals surface area (Å²) in [6, 6.07) is 3.83. The van der Waals surface area contributed by atoms with Gasteiger partial charge in [-0.2, -0.15) is 0 Å². The summed E-state index contributed by atoms with van der Waals surface area (Å²) >= 11 is 0. The Morgan fingerprint density at radius 3 is 3.00 bits per heavy atom. The second-order valence-electron chi connectivity index (χ2n) is 5.70. The van der Waals surface area contributed by atoms with Gasteiger partial charge < -0.3 is 10.8 Å². The topological polar surface area (TPSA) is 59.1 Å². The van der Waals surface area contributed by atoms with E-state index in [0.29, 0.717) is 12.2 Å². The number of hydrogen-bond acceptors (Lipinski definition) is 3. The fraction of sp³-hybridized carbons (Fsp3) is 0.667. The molecule has 3 nitrogen and oxygen atoms in total. The number of nitrogens with zero attached hydrogens (tertiary/aromatic N) is 1. The summed E-state index contributed by atoms with van der Waals surface area (Å²) in [7, 11) is 0. The third-order valence-corrected chi connectivity index (χ3v) is 4.23. The molecule has 0 bridgehead atoms. The van der Waals surface area contributed by atoms with E-state index in [0.717, 1.165) is 37.2 Å². The summed E-state index contributed by atoms with van der Waals surface area (Å²) in [4.78, 5) is 4.00. The van der Waals surface area contributed by atoms with Crippen LogP contribution in [0.1, 0.15) is 51.0 Å². The number of hydrogen-bond donors (Lipinski definition) is 2. The fourth-order valence-corrected chi connectivity index (χ4v) is 3.03. The predicted octanol–water partition coefficient (Wildman–Crippen LogP) is 2.93. The van der Waals surface area contributed by atoms with Gasteiger partial charge in [0, 0.05) is 12.6 Å². The van der Waals surface area contributed by atoms with Gasteiger partial charge in [0.1, 0.15) is 5.82 Å². The van der Waals surface area contributed by atoms with E-state index in [2.05, 4.69) is 11.9 Å². The molecule has 1 aliphatic carbocycles. The summed E-state index contributed by atoms with van der Waals surface area (Å²) in [6.07, 6.45) is 9.02. The molecule has 0 saturated heterocycles. The molecule has 1 saturated carbocycles. The van der Waals surface area contributed by atoms with Crippen LogP contribution in [-0.4, -0.2) is 15.7 Å². The minimum Gasteiger partial charge on any atom is -0.390 e. The van der Waals surface area contributed by atoms with Crippen molar-refractivity contribution in [1.82, 2.24) is 4.98 Å². The summed E-state index contributed by atoms with van der Waals surface area (Å²) in [6.45, 7) is 2.25. The second-order valence-corrected chi connectivity index (χ2v) is 5.70. The molecule has 2 rings (SSSR count). The zero-order valence-corrected chi connectivity index (χ0v) is 11.2. The predicted molar refractivity (Wildman–Crippen MR) is 74.2 cm³/mol. The van der Waals surface area contributed by atoms with Gasteiger partial charge in [-0.25, -0.2) is 4.98 Å². The maximum atomic E-state index is 10.7. The molecule has 3 N–H and O–H groups in total. The fourth-order valence-electron chi connectivity index (χ4n) is 3.03. The van der Waals surface area contributed by atoms with Crippen LogP contribution in [0.15, 0.2) is 18.3 Å². The molecule has 0 aliphatic heterocycles. The number of aromatic nitrogens is 1. The molecule has 18 heavy (non-hydrogen) atoms. The molecule has 0 aromatic carbocycles. The standard InChI is InChI=1S/C15H24N2O/c1-2-12-4-3-7-15(18,8-5-12)11-13-6-9-17-14(16)10-13/h6,9-10,12,18H,2-5,7-8,11H2,1H3,(H2,16,17). The first-order chi connectivity index (χ1) is 8.61. The lowest BCUT2D eigenvalue weighted by atomic mass is 9.87. The average Bonchev–Trinajstić information content (AvgIpc) is 2.51. The lowest BCUT2D eigenvalue weighted by Crippen LogP contribution is -2.30. The summed E-state index contributed by atoms with van der Waals surface area (Å²) in [5, 5.41) is 10.7. The number of nitrogens with two attached hydrogens (primary N) is 1. The van der Waals surface area contributed by atoms with Crippen LogP contribution in [0.25, 0.3) is 0 Å². The van der Waals surface area contributed by atoms with Gasteiger partial charge in [0.15, 0.2) is 0 Å². The van der Waals surface area contributed by atoms with E-state index >= 15 is 0 Å². The van der Waals surface area contributed by atoms with Crippen LogP contribution in [0.5, 0.6) is 0 Å². The Morgan fingerprint density at radius 2 is 2.28 bits per heavy atom. The molecule has 2 unspecified atom stereocenters. The van der Waals surface area contributed by atoms with Crippen LogP contribution >= 0.6 is 0 Å². The van der Waals surface area contributed by atoms with Gasteiger partial charge in [0.2, 0.25) is 0 Å². The van der Waals surface area contributed by atoms with Crippen molar-refractivity contribution in [3.63, 3.8) is 0 Å².